The van der Waals surface area contributed by atoms with Gasteiger partial charge in [-0.1, -0.05) is 0 Å². The molecule has 0 bridgehead atoms. The van der Waals surface area contributed by atoms with Gasteiger partial charge >= 0.3 is 0 Å². The fraction of sp³-hybridized carbons (Fsp3) is 0.846. The van der Waals surface area contributed by atoms with E-state index < -0.39 is 0 Å². The van der Waals surface area contributed by atoms with Crippen molar-refractivity contribution in [3.05, 3.63) is 0 Å². The molecule has 1 atom stereocenters. The Labute approximate surface area is 107 Å². The fourth-order valence-corrected chi connectivity index (χ4v) is 2.84. The maximum absolute atomic E-state index is 12.2. The molecule has 2 aliphatic heterocycles. The first kappa shape index (κ1) is 12.0. The molecule has 0 aromatic carbocycles. The minimum absolute atomic E-state index is 0.0146. The molecule has 5 nitrogen and oxygen atoms in total. The third kappa shape index (κ3) is 2.66. The maximum atomic E-state index is 12.2. The quantitative estimate of drug-likeness (QED) is 0.757. The zero-order valence-electron chi connectivity index (χ0n) is 10.7. The zero-order valence-corrected chi connectivity index (χ0v) is 10.7. The monoisotopic (exact) mass is 251 g/mol. The molecule has 0 unspecified atom stereocenters. The van der Waals surface area contributed by atoms with Crippen LogP contribution in [0.1, 0.15) is 25.7 Å². The van der Waals surface area contributed by atoms with E-state index in [9.17, 15) is 9.59 Å². The van der Waals surface area contributed by atoms with E-state index in [1.165, 1.54) is 19.4 Å². The van der Waals surface area contributed by atoms with Crippen molar-refractivity contribution >= 4 is 11.8 Å². The molecule has 0 aromatic heterocycles. The molecule has 1 saturated carbocycles. The summed E-state index contributed by atoms with van der Waals surface area (Å²) in [5.74, 6) is 1.05. The number of amides is 2. The number of carbonyl (C=O) groups is 2. The summed E-state index contributed by atoms with van der Waals surface area (Å²) >= 11 is 0. The lowest BCUT2D eigenvalue weighted by atomic mass is 10.2. The number of nitrogens with one attached hydrogen (secondary N) is 1. The van der Waals surface area contributed by atoms with E-state index >= 15 is 0 Å². The molecule has 5 heteroatoms. The fourth-order valence-electron chi connectivity index (χ4n) is 2.84. The van der Waals surface area contributed by atoms with Gasteiger partial charge in [0.2, 0.25) is 11.8 Å². The number of nitrogens with zero attached hydrogens (tertiary/aromatic N) is 2. The van der Waals surface area contributed by atoms with E-state index in [0.29, 0.717) is 12.8 Å². The second-order valence-corrected chi connectivity index (χ2v) is 5.73. The Morgan fingerprint density at radius 2 is 1.89 bits per heavy atom. The summed E-state index contributed by atoms with van der Waals surface area (Å²) in [6, 6.07) is -0.257. The highest BCUT2D eigenvalue weighted by atomic mass is 16.2. The Kier molecular flexibility index (Phi) is 3.24. The number of carbonyl (C=O) groups excluding carboxylic acids is 2. The van der Waals surface area contributed by atoms with Gasteiger partial charge in [0.15, 0.2) is 0 Å². The Morgan fingerprint density at radius 3 is 2.44 bits per heavy atom. The lowest BCUT2D eigenvalue weighted by Crippen LogP contribution is -2.53. The number of rotatable bonds is 3. The average Bonchev–Trinajstić information content (AvgIpc) is 3.09. The van der Waals surface area contributed by atoms with E-state index in [0.717, 1.165) is 32.1 Å². The summed E-state index contributed by atoms with van der Waals surface area (Å²) in [4.78, 5) is 27.7. The van der Waals surface area contributed by atoms with E-state index in [1.807, 2.05) is 4.90 Å². The van der Waals surface area contributed by atoms with E-state index in [1.54, 1.807) is 0 Å². The molecule has 3 rings (SSSR count). The second-order valence-electron chi connectivity index (χ2n) is 5.73. The first-order valence-corrected chi connectivity index (χ1v) is 7.03. The van der Waals surface area contributed by atoms with Gasteiger partial charge in [0, 0.05) is 39.1 Å². The van der Waals surface area contributed by atoms with Crippen LogP contribution in [0.5, 0.6) is 0 Å². The van der Waals surface area contributed by atoms with Crippen LogP contribution in [0.15, 0.2) is 0 Å². The number of piperazine rings is 1. The van der Waals surface area contributed by atoms with E-state index in [4.69, 9.17) is 0 Å². The van der Waals surface area contributed by atoms with Crippen molar-refractivity contribution in [2.24, 2.45) is 5.92 Å². The van der Waals surface area contributed by atoms with Gasteiger partial charge in [-0.05, 0) is 25.2 Å². The maximum Gasteiger partial charge on any atom is 0.245 e. The number of hydrogen-bond acceptors (Lipinski definition) is 3. The molecule has 100 valence electrons. The summed E-state index contributed by atoms with van der Waals surface area (Å²) in [6.45, 7) is 4.82. The molecule has 2 heterocycles. The molecule has 0 spiro atoms. The SMILES string of the molecule is O=C1CC[C@H](C(=O)N2CCN(CC3CC3)CC2)N1. The predicted octanol–water partition coefficient (Wildman–Crippen LogP) is -0.181. The largest absolute Gasteiger partial charge is 0.344 e. The molecular weight excluding hydrogens is 230 g/mol. The van der Waals surface area contributed by atoms with Gasteiger partial charge in [0.05, 0.1) is 0 Å². The number of hydrogen-bond donors (Lipinski definition) is 1. The van der Waals surface area contributed by atoms with Crippen LogP contribution in [-0.2, 0) is 9.59 Å². The molecule has 0 radical (unpaired) electrons. The highest BCUT2D eigenvalue weighted by Crippen LogP contribution is 2.29. The Morgan fingerprint density at radius 1 is 1.17 bits per heavy atom. The zero-order chi connectivity index (χ0) is 12.5. The van der Waals surface area contributed by atoms with Gasteiger partial charge in [-0.3, -0.25) is 14.5 Å². The van der Waals surface area contributed by atoms with Crippen LogP contribution in [-0.4, -0.2) is 60.4 Å². The molecule has 3 fully saturated rings. The van der Waals surface area contributed by atoms with Gasteiger partial charge < -0.3 is 10.2 Å². The van der Waals surface area contributed by atoms with Gasteiger partial charge in [-0.15, -0.1) is 0 Å². The van der Waals surface area contributed by atoms with Crippen LogP contribution >= 0.6 is 0 Å². The van der Waals surface area contributed by atoms with Crippen LogP contribution in [0.25, 0.3) is 0 Å². The lowest BCUT2D eigenvalue weighted by Gasteiger charge is -2.35. The van der Waals surface area contributed by atoms with Crippen LogP contribution in [0.3, 0.4) is 0 Å². The standard InChI is InChI=1S/C13H21N3O2/c17-12-4-3-11(14-12)13(18)16-7-5-15(6-8-16)9-10-1-2-10/h10-11H,1-9H2,(H,14,17)/t11-/m1/s1. The molecule has 1 aliphatic carbocycles. The first-order valence-electron chi connectivity index (χ1n) is 7.03. The van der Waals surface area contributed by atoms with Crippen LogP contribution in [0.2, 0.25) is 0 Å². The summed E-state index contributed by atoms with van der Waals surface area (Å²) in [5, 5.41) is 2.76. The highest BCUT2D eigenvalue weighted by Gasteiger charge is 2.33. The van der Waals surface area contributed by atoms with Crippen molar-refractivity contribution < 1.29 is 9.59 Å². The van der Waals surface area contributed by atoms with Crippen molar-refractivity contribution in [3.8, 4) is 0 Å². The Bertz CT molecular complexity index is 346. The topological polar surface area (TPSA) is 52.7 Å². The van der Waals surface area contributed by atoms with Crippen molar-refractivity contribution in [2.75, 3.05) is 32.7 Å². The van der Waals surface area contributed by atoms with Gasteiger partial charge in [0.1, 0.15) is 6.04 Å². The second kappa shape index (κ2) is 4.88. The third-order valence-electron chi connectivity index (χ3n) is 4.19. The minimum Gasteiger partial charge on any atom is -0.344 e. The van der Waals surface area contributed by atoms with Gasteiger partial charge in [-0.25, -0.2) is 0 Å². The molecular formula is C13H21N3O2. The van der Waals surface area contributed by atoms with Crippen molar-refractivity contribution in [2.45, 2.75) is 31.7 Å². The van der Waals surface area contributed by atoms with Crippen LogP contribution in [0, 0.1) is 5.92 Å². The molecule has 3 aliphatic rings. The summed E-state index contributed by atoms with van der Waals surface area (Å²) in [6.07, 6.45) is 3.93. The van der Waals surface area contributed by atoms with E-state index in [2.05, 4.69) is 10.2 Å². The molecule has 2 amide bonds. The van der Waals surface area contributed by atoms with Crippen molar-refractivity contribution in [1.29, 1.82) is 0 Å². The average molecular weight is 251 g/mol. The third-order valence-corrected chi connectivity index (χ3v) is 4.19. The van der Waals surface area contributed by atoms with E-state index in [-0.39, 0.29) is 17.9 Å². The van der Waals surface area contributed by atoms with Crippen LogP contribution < -0.4 is 5.32 Å². The summed E-state index contributed by atoms with van der Waals surface area (Å²) in [7, 11) is 0. The first-order chi connectivity index (χ1) is 8.72. The Hall–Kier alpha value is -1.10. The molecule has 18 heavy (non-hydrogen) atoms. The predicted molar refractivity (Wildman–Crippen MR) is 66.9 cm³/mol. The molecule has 1 N–H and O–H groups in total. The highest BCUT2D eigenvalue weighted by molar-refractivity contribution is 5.90. The van der Waals surface area contributed by atoms with Gasteiger partial charge in [0.25, 0.3) is 0 Å². The lowest BCUT2D eigenvalue weighted by molar-refractivity contribution is -0.136. The normalized spacial score (nSPS) is 29.4. The van der Waals surface area contributed by atoms with Crippen LogP contribution in [0.4, 0.5) is 0 Å². The Balaban J connectivity index is 1.46. The van der Waals surface area contributed by atoms with Crippen molar-refractivity contribution in [1.82, 2.24) is 15.1 Å². The smallest absolute Gasteiger partial charge is 0.245 e. The summed E-state index contributed by atoms with van der Waals surface area (Å²) < 4.78 is 0. The van der Waals surface area contributed by atoms with Gasteiger partial charge in [-0.2, -0.15) is 0 Å². The summed E-state index contributed by atoms with van der Waals surface area (Å²) in [5.41, 5.74) is 0. The molecule has 2 saturated heterocycles. The minimum atomic E-state index is -0.257. The molecule has 0 aromatic rings. The van der Waals surface area contributed by atoms with Crippen molar-refractivity contribution in [3.63, 3.8) is 0 Å².